The predicted molar refractivity (Wildman–Crippen MR) is 110 cm³/mol. The molecule has 0 saturated carbocycles. The highest BCUT2D eigenvalue weighted by molar-refractivity contribution is 5.73. The Balaban J connectivity index is 1.60. The van der Waals surface area contributed by atoms with Gasteiger partial charge in [-0.05, 0) is 43.4 Å². The number of aryl methyl sites for hydroxylation is 1. The van der Waals surface area contributed by atoms with Crippen LogP contribution in [0.4, 0.5) is 0 Å². The Labute approximate surface area is 169 Å². The van der Waals surface area contributed by atoms with E-state index in [1.54, 1.807) is 14.0 Å². The maximum Gasteiger partial charge on any atom is 0.219 e. The van der Waals surface area contributed by atoms with Crippen LogP contribution in [0.15, 0.2) is 18.2 Å². The zero-order valence-electron chi connectivity index (χ0n) is 17.6. The van der Waals surface area contributed by atoms with Crippen LogP contribution >= 0.6 is 0 Å². The Bertz CT molecular complexity index is 658. The summed E-state index contributed by atoms with van der Waals surface area (Å²) in [5.41, 5.74) is 2.46. The number of carbonyl (C=O) groups is 1. The summed E-state index contributed by atoms with van der Waals surface area (Å²) in [6.07, 6.45) is 2.92. The van der Waals surface area contributed by atoms with Crippen LogP contribution in [0.1, 0.15) is 37.3 Å². The quantitative estimate of drug-likeness (QED) is 0.805. The number of rotatable bonds is 6. The highest BCUT2D eigenvalue weighted by atomic mass is 16.5. The molecule has 156 valence electrons. The summed E-state index contributed by atoms with van der Waals surface area (Å²) in [7, 11) is 1.71. The van der Waals surface area contributed by atoms with Crippen molar-refractivity contribution in [1.82, 2.24) is 14.7 Å². The number of benzene rings is 1. The molecular formula is C22H35N3O3. The van der Waals surface area contributed by atoms with Gasteiger partial charge in [0, 0.05) is 64.9 Å². The SMILES string of the molecule is COc1ccc(CN2CCN(C3CCN(C(C)=O)CC3)C[C@@H]2CCO)cc1C. The summed E-state index contributed by atoms with van der Waals surface area (Å²) in [4.78, 5) is 18.6. The van der Waals surface area contributed by atoms with Crippen molar-refractivity contribution in [1.29, 1.82) is 0 Å². The van der Waals surface area contributed by atoms with Crippen LogP contribution in [0, 0.1) is 6.92 Å². The molecule has 0 aromatic heterocycles. The summed E-state index contributed by atoms with van der Waals surface area (Å²) in [6.45, 7) is 9.69. The molecule has 6 nitrogen and oxygen atoms in total. The zero-order valence-corrected chi connectivity index (χ0v) is 17.6. The molecular weight excluding hydrogens is 354 g/mol. The Hall–Kier alpha value is -1.63. The number of hydrogen-bond donors (Lipinski definition) is 1. The molecule has 2 fully saturated rings. The number of aliphatic hydroxyl groups is 1. The minimum atomic E-state index is 0.191. The summed E-state index contributed by atoms with van der Waals surface area (Å²) >= 11 is 0. The molecule has 1 atom stereocenters. The molecule has 0 bridgehead atoms. The predicted octanol–water partition coefficient (Wildman–Crippen LogP) is 1.88. The Morgan fingerprint density at radius 3 is 2.57 bits per heavy atom. The number of amides is 1. The lowest BCUT2D eigenvalue weighted by atomic mass is 9.99. The second-order valence-corrected chi connectivity index (χ2v) is 8.17. The van der Waals surface area contributed by atoms with E-state index in [4.69, 9.17) is 4.74 Å². The standard InChI is InChI=1S/C22H35N3O3/c1-17-14-19(4-5-22(17)28-3)15-24-11-12-25(16-21(24)8-13-26)20-6-9-23(10-7-20)18(2)27/h4-5,14,20-21,26H,6-13,15-16H2,1-3H3/t21-/m0/s1. The van der Waals surface area contributed by atoms with Crippen LogP contribution in [0.25, 0.3) is 0 Å². The van der Waals surface area contributed by atoms with Gasteiger partial charge in [-0.3, -0.25) is 14.6 Å². The summed E-state index contributed by atoms with van der Waals surface area (Å²) < 4.78 is 5.38. The number of aliphatic hydroxyl groups excluding tert-OH is 1. The summed E-state index contributed by atoms with van der Waals surface area (Å²) in [6, 6.07) is 7.32. The summed E-state index contributed by atoms with van der Waals surface area (Å²) in [5.74, 6) is 1.12. The topological polar surface area (TPSA) is 56.2 Å². The largest absolute Gasteiger partial charge is 0.496 e. The van der Waals surface area contributed by atoms with Gasteiger partial charge in [0.2, 0.25) is 5.91 Å². The van der Waals surface area contributed by atoms with Crippen LogP contribution in [0.3, 0.4) is 0 Å². The van der Waals surface area contributed by atoms with E-state index in [1.807, 2.05) is 11.0 Å². The molecule has 3 rings (SSSR count). The monoisotopic (exact) mass is 389 g/mol. The number of ether oxygens (including phenoxy) is 1. The van der Waals surface area contributed by atoms with Gasteiger partial charge in [0.15, 0.2) is 0 Å². The molecule has 2 heterocycles. The van der Waals surface area contributed by atoms with E-state index < -0.39 is 0 Å². The molecule has 1 aromatic carbocycles. The van der Waals surface area contributed by atoms with Gasteiger partial charge in [0.05, 0.1) is 7.11 Å². The number of hydrogen-bond acceptors (Lipinski definition) is 5. The van der Waals surface area contributed by atoms with Gasteiger partial charge in [-0.2, -0.15) is 0 Å². The van der Waals surface area contributed by atoms with Gasteiger partial charge < -0.3 is 14.7 Å². The van der Waals surface area contributed by atoms with Crippen molar-refractivity contribution in [3.63, 3.8) is 0 Å². The lowest BCUT2D eigenvalue weighted by molar-refractivity contribution is -0.130. The Morgan fingerprint density at radius 1 is 1.21 bits per heavy atom. The van der Waals surface area contributed by atoms with E-state index >= 15 is 0 Å². The molecule has 0 unspecified atom stereocenters. The van der Waals surface area contributed by atoms with E-state index in [0.717, 1.165) is 69.8 Å². The lowest BCUT2D eigenvalue weighted by Gasteiger charge is -2.46. The maximum absolute atomic E-state index is 11.6. The highest BCUT2D eigenvalue weighted by Crippen LogP contribution is 2.25. The molecule has 2 saturated heterocycles. The van der Waals surface area contributed by atoms with Gasteiger partial charge in [-0.1, -0.05) is 12.1 Å². The third kappa shape index (κ3) is 5.04. The van der Waals surface area contributed by atoms with Crippen molar-refractivity contribution in [2.24, 2.45) is 0 Å². The molecule has 6 heteroatoms. The van der Waals surface area contributed by atoms with Crippen molar-refractivity contribution in [3.8, 4) is 5.75 Å². The lowest BCUT2D eigenvalue weighted by Crippen LogP contribution is -2.57. The molecule has 0 spiro atoms. The van der Waals surface area contributed by atoms with Crippen LogP contribution in [-0.4, -0.2) is 84.2 Å². The number of piperazine rings is 1. The number of piperidine rings is 1. The van der Waals surface area contributed by atoms with Gasteiger partial charge in [0.25, 0.3) is 0 Å². The first-order valence-corrected chi connectivity index (χ1v) is 10.5. The third-order valence-electron chi connectivity index (χ3n) is 6.37. The molecule has 28 heavy (non-hydrogen) atoms. The third-order valence-corrected chi connectivity index (χ3v) is 6.37. The second kappa shape index (κ2) is 9.72. The van der Waals surface area contributed by atoms with E-state index in [0.29, 0.717) is 12.1 Å². The minimum absolute atomic E-state index is 0.191. The van der Waals surface area contributed by atoms with Gasteiger partial charge in [-0.15, -0.1) is 0 Å². The van der Waals surface area contributed by atoms with Crippen molar-refractivity contribution in [2.75, 3.05) is 46.4 Å². The average Bonchev–Trinajstić information content (AvgIpc) is 2.70. The van der Waals surface area contributed by atoms with Crippen LogP contribution < -0.4 is 4.74 Å². The first kappa shape index (κ1) is 21.1. The maximum atomic E-state index is 11.6. The van der Waals surface area contributed by atoms with Gasteiger partial charge in [0.1, 0.15) is 5.75 Å². The molecule has 0 radical (unpaired) electrons. The number of methoxy groups -OCH3 is 1. The molecule has 1 amide bonds. The molecule has 1 aromatic rings. The van der Waals surface area contributed by atoms with E-state index in [-0.39, 0.29) is 12.5 Å². The fraction of sp³-hybridized carbons (Fsp3) is 0.682. The Morgan fingerprint density at radius 2 is 1.96 bits per heavy atom. The average molecular weight is 390 g/mol. The number of likely N-dealkylation sites (tertiary alicyclic amines) is 1. The van der Waals surface area contributed by atoms with Crippen molar-refractivity contribution >= 4 is 5.91 Å². The fourth-order valence-corrected chi connectivity index (χ4v) is 4.70. The first-order valence-electron chi connectivity index (χ1n) is 10.5. The van der Waals surface area contributed by atoms with Crippen LogP contribution in [0.2, 0.25) is 0 Å². The highest BCUT2D eigenvalue weighted by Gasteiger charge is 2.32. The number of nitrogens with zero attached hydrogens (tertiary/aromatic N) is 3. The minimum Gasteiger partial charge on any atom is -0.496 e. The van der Waals surface area contributed by atoms with E-state index in [1.165, 1.54) is 5.56 Å². The normalized spacial score (nSPS) is 22.4. The number of carbonyl (C=O) groups excluding carboxylic acids is 1. The van der Waals surface area contributed by atoms with Crippen molar-refractivity contribution < 1.29 is 14.6 Å². The Kier molecular flexibility index (Phi) is 7.32. The van der Waals surface area contributed by atoms with Crippen molar-refractivity contribution in [3.05, 3.63) is 29.3 Å². The first-order chi connectivity index (χ1) is 13.5. The second-order valence-electron chi connectivity index (χ2n) is 8.17. The zero-order chi connectivity index (χ0) is 20.1. The molecule has 2 aliphatic heterocycles. The molecule has 2 aliphatic rings. The van der Waals surface area contributed by atoms with E-state index in [9.17, 15) is 9.90 Å². The van der Waals surface area contributed by atoms with Gasteiger partial charge >= 0.3 is 0 Å². The van der Waals surface area contributed by atoms with Crippen molar-refractivity contribution in [2.45, 2.75) is 51.7 Å². The smallest absolute Gasteiger partial charge is 0.219 e. The van der Waals surface area contributed by atoms with E-state index in [2.05, 4.69) is 28.9 Å². The van der Waals surface area contributed by atoms with Crippen LogP contribution in [0.5, 0.6) is 5.75 Å². The van der Waals surface area contributed by atoms with Crippen LogP contribution in [-0.2, 0) is 11.3 Å². The summed E-state index contributed by atoms with van der Waals surface area (Å²) in [5, 5.41) is 9.60. The molecule has 0 aliphatic carbocycles. The fourth-order valence-electron chi connectivity index (χ4n) is 4.70. The molecule has 1 N–H and O–H groups in total. The van der Waals surface area contributed by atoms with Gasteiger partial charge in [-0.25, -0.2) is 0 Å².